The molecular formula is C7H15NO2. The van der Waals surface area contributed by atoms with Gasteiger partial charge in [-0.25, -0.2) is 5.90 Å². The highest BCUT2D eigenvalue weighted by atomic mass is 16.6. The fourth-order valence-corrected chi connectivity index (χ4v) is 0.930. The van der Waals surface area contributed by atoms with Gasteiger partial charge in [0.15, 0.2) is 0 Å². The van der Waals surface area contributed by atoms with Crippen molar-refractivity contribution < 1.29 is 9.57 Å². The van der Waals surface area contributed by atoms with Crippen LogP contribution in [0.4, 0.5) is 0 Å². The van der Waals surface area contributed by atoms with Crippen LogP contribution in [0.2, 0.25) is 0 Å². The van der Waals surface area contributed by atoms with Gasteiger partial charge in [-0.1, -0.05) is 0 Å². The second-order valence-corrected chi connectivity index (χ2v) is 2.65. The van der Waals surface area contributed by atoms with E-state index in [4.69, 9.17) is 10.6 Å². The van der Waals surface area contributed by atoms with Crippen LogP contribution in [0.3, 0.4) is 0 Å². The summed E-state index contributed by atoms with van der Waals surface area (Å²) in [6, 6.07) is 0. The first-order valence-corrected chi connectivity index (χ1v) is 3.87. The van der Waals surface area contributed by atoms with E-state index < -0.39 is 0 Å². The molecule has 1 aliphatic rings. The van der Waals surface area contributed by atoms with E-state index in [0.717, 1.165) is 13.0 Å². The molecule has 0 spiro atoms. The van der Waals surface area contributed by atoms with Crippen LogP contribution in [0.15, 0.2) is 0 Å². The van der Waals surface area contributed by atoms with Crippen molar-refractivity contribution in [1.82, 2.24) is 0 Å². The Balaban J connectivity index is 1.76. The van der Waals surface area contributed by atoms with Gasteiger partial charge in [-0.2, -0.15) is 0 Å². The molecule has 3 heteroatoms. The number of hydrogen-bond acceptors (Lipinski definition) is 3. The van der Waals surface area contributed by atoms with E-state index in [1.54, 1.807) is 0 Å². The molecule has 0 aromatic carbocycles. The Morgan fingerprint density at radius 2 is 2.10 bits per heavy atom. The van der Waals surface area contributed by atoms with Crippen LogP contribution in [0, 0.1) is 0 Å². The minimum Gasteiger partial charge on any atom is -0.378 e. The van der Waals surface area contributed by atoms with Crippen molar-refractivity contribution in [3.05, 3.63) is 0 Å². The van der Waals surface area contributed by atoms with E-state index in [-0.39, 0.29) is 0 Å². The van der Waals surface area contributed by atoms with Crippen molar-refractivity contribution in [1.29, 1.82) is 0 Å². The van der Waals surface area contributed by atoms with E-state index in [9.17, 15) is 0 Å². The van der Waals surface area contributed by atoms with Crippen LogP contribution in [-0.2, 0) is 9.57 Å². The molecule has 0 unspecified atom stereocenters. The van der Waals surface area contributed by atoms with Gasteiger partial charge >= 0.3 is 0 Å². The van der Waals surface area contributed by atoms with Crippen LogP contribution in [-0.4, -0.2) is 19.3 Å². The van der Waals surface area contributed by atoms with Gasteiger partial charge in [0.25, 0.3) is 0 Å². The zero-order valence-corrected chi connectivity index (χ0v) is 6.21. The van der Waals surface area contributed by atoms with Gasteiger partial charge in [0, 0.05) is 6.61 Å². The maximum atomic E-state index is 5.44. The first-order chi connectivity index (χ1) is 4.93. The molecular weight excluding hydrogens is 130 g/mol. The van der Waals surface area contributed by atoms with Crippen molar-refractivity contribution in [3.8, 4) is 0 Å². The van der Waals surface area contributed by atoms with E-state index >= 15 is 0 Å². The largest absolute Gasteiger partial charge is 0.378 e. The van der Waals surface area contributed by atoms with Crippen molar-refractivity contribution in [3.63, 3.8) is 0 Å². The summed E-state index contributed by atoms with van der Waals surface area (Å²) >= 11 is 0. The van der Waals surface area contributed by atoms with E-state index in [0.29, 0.717) is 12.7 Å². The maximum Gasteiger partial charge on any atom is 0.0701 e. The van der Waals surface area contributed by atoms with Crippen LogP contribution in [0.1, 0.15) is 25.7 Å². The second kappa shape index (κ2) is 4.66. The maximum absolute atomic E-state index is 5.44. The first kappa shape index (κ1) is 7.98. The fraction of sp³-hybridized carbons (Fsp3) is 1.00. The van der Waals surface area contributed by atoms with Crippen LogP contribution < -0.4 is 5.90 Å². The average molecular weight is 145 g/mol. The Labute approximate surface area is 61.4 Å². The Kier molecular flexibility index (Phi) is 3.72. The Morgan fingerprint density at radius 1 is 1.30 bits per heavy atom. The van der Waals surface area contributed by atoms with Gasteiger partial charge < -0.3 is 9.57 Å². The summed E-state index contributed by atoms with van der Waals surface area (Å²) in [6.45, 7) is 1.40. The number of nitrogens with two attached hydrogens (primary N) is 1. The van der Waals surface area contributed by atoms with E-state index in [1.165, 1.54) is 19.3 Å². The quantitative estimate of drug-likeness (QED) is 0.460. The van der Waals surface area contributed by atoms with Crippen LogP contribution in [0.25, 0.3) is 0 Å². The predicted molar refractivity (Wildman–Crippen MR) is 38.3 cm³/mol. The van der Waals surface area contributed by atoms with E-state index in [1.807, 2.05) is 0 Å². The predicted octanol–water partition coefficient (Wildman–Crippen LogP) is 0.836. The summed E-state index contributed by atoms with van der Waals surface area (Å²) in [4.78, 5) is 4.40. The van der Waals surface area contributed by atoms with Gasteiger partial charge in [0.2, 0.25) is 0 Å². The highest BCUT2D eigenvalue weighted by Crippen LogP contribution is 2.21. The molecule has 3 nitrogen and oxygen atoms in total. The fourth-order valence-electron chi connectivity index (χ4n) is 0.930. The van der Waals surface area contributed by atoms with Crippen LogP contribution >= 0.6 is 0 Å². The highest BCUT2D eigenvalue weighted by molar-refractivity contribution is 4.68. The van der Waals surface area contributed by atoms with Gasteiger partial charge in [0.05, 0.1) is 12.7 Å². The third-order valence-electron chi connectivity index (χ3n) is 1.81. The summed E-state index contributed by atoms with van der Waals surface area (Å²) in [7, 11) is 0. The molecule has 0 amide bonds. The molecule has 10 heavy (non-hydrogen) atoms. The molecule has 0 atom stereocenters. The molecule has 2 N–H and O–H groups in total. The molecule has 0 aliphatic heterocycles. The molecule has 1 rings (SSSR count). The number of rotatable bonds is 5. The molecule has 0 aromatic rings. The molecule has 0 aromatic heterocycles. The molecule has 1 aliphatic carbocycles. The second-order valence-electron chi connectivity index (χ2n) is 2.65. The van der Waals surface area contributed by atoms with Crippen LogP contribution in [0.5, 0.6) is 0 Å². The van der Waals surface area contributed by atoms with Crippen molar-refractivity contribution in [2.24, 2.45) is 5.90 Å². The topological polar surface area (TPSA) is 44.5 Å². The molecule has 0 heterocycles. The number of ether oxygens (including phenoxy) is 1. The standard InChI is InChI=1S/C7H15NO2/c8-10-6-2-5-9-7-3-1-4-7/h7H,1-6,8H2. The smallest absolute Gasteiger partial charge is 0.0701 e. The summed E-state index contributed by atoms with van der Waals surface area (Å²) in [6.07, 6.45) is 5.26. The van der Waals surface area contributed by atoms with Gasteiger partial charge in [-0.15, -0.1) is 0 Å². The van der Waals surface area contributed by atoms with E-state index in [2.05, 4.69) is 4.84 Å². The lowest BCUT2D eigenvalue weighted by molar-refractivity contribution is -0.00850. The van der Waals surface area contributed by atoms with Crippen molar-refractivity contribution >= 4 is 0 Å². The molecule has 0 bridgehead atoms. The molecule has 1 saturated carbocycles. The minimum absolute atomic E-state index is 0.540. The highest BCUT2D eigenvalue weighted by Gasteiger charge is 2.16. The summed E-state index contributed by atoms with van der Waals surface area (Å²) in [5.74, 6) is 4.84. The third kappa shape index (κ3) is 2.64. The molecule has 0 radical (unpaired) electrons. The first-order valence-electron chi connectivity index (χ1n) is 3.87. The lowest BCUT2D eigenvalue weighted by Crippen LogP contribution is -2.22. The van der Waals surface area contributed by atoms with Gasteiger partial charge in [0.1, 0.15) is 0 Å². The lowest BCUT2D eigenvalue weighted by atomic mass is 9.96. The average Bonchev–Trinajstić information content (AvgIpc) is 1.84. The molecule has 1 fully saturated rings. The zero-order chi connectivity index (χ0) is 7.23. The Morgan fingerprint density at radius 3 is 2.60 bits per heavy atom. The van der Waals surface area contributed by atoms with Crippen molar-refractivity contribution in [2.75, 3.05) is 13.2 Å². The zero-order valence-electron chi connectivity index (χ0n) is 6.21. The summed E-state index contributed by atoms with van der Waals surface area (Å²) in [5, 5.41) is 0. The number of hydrogen-bond donors (Lipinski definition) is 1. The van der Waals surface area contributed by atoms with Crippen molar-refractivity contribution in [2.45, 2.75) is 31.8 Å². The summed E-state index contributed by atoms with van der Waals surface area (Å²) < 4.78 is 5.44. The third-order valence-corrected chi connectivity index (χ3v) is 1.81. The Hall–Kier alpha value is -0.120. The molecule has 60 valence electrons. The van der Waals surface area contributed by atoms with Gasteiger partial charge in [-0.3, -0.25) is 0 Å². The minimum atomic E-state index is 0.540. The molecule has 0 saturated heterocycles. The SMILES string of the molecule is NOCCCOC1CCC1. The lowest BCUT2D eigenvalue weighted by Gasteiger charge is -2.25. The van der Waals surface area contributed by atoms with Gasteiger partial charge in [-0.05, 0) is 25.7 Å². The summed E-state index contributed by atoms with van der Waals surface area (Å²) in [5.41, 5.74) is 0. The monoisotopic (exact) mass is 145 g/mol. The Bertz CT molecular complexity index is 83.7. The normalized spacial score (nSPS) is 18.9.